The van der Waals surface area contributed by atoms with Gasteiger partial charge in [0.25, 0.3) is 5.91 Å². The summed E-state index contributed by atoms with van der Waals surface area (Å²) >= 11 is 11.8. The summed E-state index contributed by atoms with van der Waals surface area (Å²) in [6.45, 7) is 0.985. The number of halogens is 2. The minimum Gasteiger partial charge on any atom is -0.450 e. The van der Waals surface area contributed by atoms with E-state index in [1.807, 2.05) is 0 Å². The van der Waals surface area contributed by atoms with Crippen LogP contribution in [0, 0.1) is 17.0 Å². The van der Waals surface area contributed by atoms with Gasteiger partial charge in [-0.1, -0.05) is 23.2 Å². The monoisotopic (exact) mass is 373 g/mol. The van der Waals surface area contributed by atoms with Crippen LogP contribution in [-0.2, 0) is 9.53 Å². The summed E-state index contributed by atoms with van der Waals surface area (Å²) in [5.41, 5.74) is 0.531. The molecule has 0 unspecified atom stereocenters. The second-order valence-corrected chi connectivity index (χ2v) is 5.20. The number of pyridine rings is 1. The van der Waals surface area contributed by atoms with Crippen molar-refractivity contribution >= 4 is 46.8 Å². The van der Waals surface area contributed by atoms with Crippen molar-refractivity contribution in [2.75, 3.05) is 11.9 Å². The fraction of sp³-hybridized carbons (Fsp3) is 0.154. The molecule has 0 saturated heterocycles. The van der Waals surface area contributed by atoms with E-state index in [4.69, 9.17) is 23.2 Å². The summed E-state index contributed by atoms with van der Waals surface area (Å²) in [5, 5.41) is 13.3. The maximum absolute atomic E-state index is 11.8. The molecule has 1 amide bonds. The highest BCUT2D eigenvalue weighted by molar-refractivity contribution is 6.37. The van der Waals surface area contributed by atoms with Crippen molar-refractivity contribution in [3.05, 3.63) is 49.8 Å². The number of rotatable bonds is 5. The first kappa shape index (κ1) is 17.7. The highest BCUT2D eigenvalue weighted by Crippen LogP contribution is 2.28. The molecule has 0 fully saturated rings. The lowest BCUT2D eigenvalue weighted by Crippen LogP contribution is -2.21. The zero-order chi connectivity index (χ0) is 17.9. The maximum Gasteiger partial charge on any atom is 0.433 e. The number of amides is 1. The summed E-state index contributed by atoms with van der Waals surface area (Å²) in [7, 11) is 0. The number of hydrogen-bond donors (Lipinski definition) is 1. The van der Waals surface area contributed by atoms with Gasteiger partial charge < -0.3 is 14.5 Å². The normalized spacial score (nSPS) is 10.3. The quantitative estimate of drug-likeness (QED) is 0.484. The third-order valence-electron chi connectivity index (χ3n) is 2.77. The molecule has 9 nitrogen and oxygen atoms in total. The number of esters is 1. The number of furan rings is 1. The molecule has 24 heavy (non-hydrogen) atoms. The smallest absolute Gasteiger partial charge is 0.433 e. The summed E-state index contributed by atoms with van der Waals surface area (Å²) in [6, 6.07) is 2.07. The molecular weight excluding hydrogens is 365 g/mol. The molecule has 1 N–H and O–H groups in total. The Hall–Kier alpha value is -2.65. The zero-order valence-electron chi connectivity index (χ0n) is 12.0. The van der Waals surface area contributed by atoms with Gasteiger partial charge in [0, 0.05) is 6.20 Å². The zero-order valence-corrected chi connectivity index (χ0v) is 13.6. The Kier molecular flexibility index (Phi) is 5.37. The van der Waals surface area contributed by atoms with Crippen molar-refractivity contribution in [3.8, 4) is 0 Å². The number of carbonyl (C=O) groups is 2. The van der Waals surface area contributed by atoms with E-state index in [0.717, 1.165) is 12.1 Å². The molecule has 0 spiro atoms. The second kappa shape index (κ2) is 7.28. The van der Waals surface area contributed by atoms with E-state index in [1.54, 1.807) is 6.92 Å². The first-order chi connectivity index (χ1) is 11.3. The number of nitro groups is 1. The van der Waals surface area contributed by atoms with Gasteiger partial charge in [-0.05, 0) is 18.6 Å². The number of nitrogens with zero attached hydrogens (tertiary/aromatic N) is 2. The maximum atomic E-state index is 11.8. The summed E-state index contributed by atoms with van der Waals surface area (Å²) in [6.07, 6.45) is 1.31. The highest BCUT2D eigenvalue weighted by atomic mass is 35.5. The summed E-state index contributed by atoms with van der Waals surface area (Å²) in [4.78, 5) is 36.9. The van der Waals surface area contributed by atoms with Crippen molar-refractivity contribution in [2.24, 2.45) is 0 Å². The van der Waals surface area contributed by atoms with Gasteiger partial charge in [0.05, 0.1) is 16.1 Å². The number of carbonyl (C=O) groups excluding carboxylic acids is 2. The van der Waals surface area contributed by atoms with Crippen LogP contribution in [0.25, 0.3) is 0 Å². The second-order valence-electron chi connectivity index (χ2n) is 4.41. The van der Waals surface area contributed by atoms with Crippen molar-refractivity contribution in [3.63, 3.8) is 0 Å². The van der Waals surface area contributed by atoms with Crippen LogP contribution in [-0.4, -0.2) is 28.4 Å². The van der Waals surface area contributed by atoms with E-state index in [0.29, 0.717) is 10.6 Å². The Balaban J connectivity index is 1.94. The molecule has 0 aromatic carbocycles. The van der Waals surface area contributed by atoms with Gasteiger partial charge in [-0.15, -0.1) is 0 Å². The van der Waals surface area contributed by atoms with Crippen LogP contribution < -0.4 is 5.32 Å². The molecule has 0 aliphatic carbocycles. The van der Waals surface area contributed by atoms with Gasteiger partial charge in [-0.3, -0.25) is 14.9 Å². The third-order valence-corrected chi connectivity index (χ3v) is 3.61. The number of anilines is 1. The molecule has 0 saturated carbocycles. The van der Waals surface area contributed by atoms with Crippen molar-refractivity contribution in [1.82, 2.24) is 4.98 Å². The highest BCUT2D eigenvalue weighted by Gasteiger charge is 2.20. The fourth-order valence-electron chi connectivity index (χ4n) is 1.55. The molecule has 0 aliphatic heterocycles. The minimum atomic E-state index is -1.02. The Morgan fingerprint density at radius 1 is 1.42 bits per heavy atom. The fourth-order valence-corrected chi connectivity index (χ4v) is 1.94. The molecule has 0 atom stereocenters. The number of nitrogens with one attached hydrogen (secondary N) is 1. The molecule has 126 valence electrons. The van der Waals surface area contributed by atoms with E-state index in [-0.39, 0.29) is 10.8 Å². The SMILES string of the molecule is Cc1c(Cl)cnc(NC(=O)COC(=O)c2ccc([N+](=O)[O-])o2)c1Cl. The molecule has 2 rings (SSSR count). The van der Waals surface area contributed by atoms with E-state index in [1.165, 1.54) is 6.20 Å². The molecule has 2 heterocycles. The average molecular weight is 374 g/mol. The Morgan fingerprint density at radius 2 is 2.12 bits per heavy atom. The minimum absolute atomic E-state index is 0.0632. The number of hydrogen-bond acceptors (Lipinski definition) is 7. The molecule has 0 aliphatic rings. The summed E-state index contributed by atoms with van der Waals surface area (Å²) in [5.74, 6) is -2.68. The van der Waals surface area contributed by atoms with E-state index < -0.39 is 35.1 Å². The van der Waals surface area contributed by atoms with E-state index >= 15 is 0 Å². The molecular formula is C13H9Cl2N3O6. The van der Waals surface area contributed by atoms with Crippen LogP contribution in [0.15, 0.2) is 22.7 Å². The molecule has 0 radical (unpaired) electrons. The lowest BCUT2D eigenvalue weighted by Gasteiger charge is -2.09. The van der Waals surface area contributed by atoms with Gasteiger partial charge in [0.2, 0.25) is 5.76 Å². The number of aromatic nitrogens is 1. The lowest BCUT2D eigenvalue weighted by atomic mass is 10.3. The van der Waals surface area contributed by atoms with Crippen LogP contribution in [0.4, 0.5) is 11.7 Å². The first-order valence-corrected chi connectivity index (χ1v) is 7.07. The number of ether oxygens (including phenoxy) is 1. The lowest BCUT2D eigenvalue weighted by molar-refractivity contribution is -0.402. The topological polar surface area (TPSA) is 125 Å². The van der Waals surface area contributed by atoms with Gasteiger partial charge in [0.15, 0.2) is 12.4 Å². The predicted molar refractivity (Wildman–Crippen MR) is 83.3 cm³/mol. The van der Waals surface area contributed by atoms with Crippen LogP contribution >= 0.6 is 23.2 Å². The Bertz CT molecular complexity index is 820. The van der Waals surface area contributed by atoms with Crippen LogP contribution in [0.2, 0.25) is 10.0 Å². The van der Waals surface area contributed by atoms with E-state index in [2.05, 4.69) is 19.5 Å². The largest absolute Gasteiger partial charge is 0.450 e. The third kappa shape index (κ3) is 4.00. The van der Waals surface area contributed by atoms with Crippen LogP contribution in [0.3, 0.4) is 0 Å². The van der Waals surface area contributed by atoms with Crippen molar-refractivity contribution in [1.29, 1.82) is 0 Å². The first-order valence-electron chi connectivity index (χ1n) is 6.31. The standard InChI is InChI=1S/C13H9Cl2N3O6/c1-6-7(14)4-16-12(11(6)15)17-9(19)5-23-13(20)8-2-3-10(24-8)18(21)22/h2-4H,5H2,1H3,(H,16,17,19). The van der Waals surface area contributed by atoms with Gasteiger partial charge in [-0.25, -0.2) is 9.78 Å². The van der Waals surface area contributed by atoms with Gasteiger partial charge in [-0.2, -0.15) is 0 Å². The molecule has 0 bridgehead atoms. The Morgan fingerprint density at radius 3 is 2.75 bits per heavy atom. The molecule has 2 aromatic heterocycles. The average Bonchev–Trinajstić information content (AvgIpc) is 3.03. The van der Waals surface area contributed by atoms with Gasteiger partial charge >= 0.3 is 11.9 Å². The predicted octanol–water partition coefficient (Wildman–Crippen LogP) is 2.99. The molecule has 2 aromatic rings. The van der Waals surface area contributed by atoms with Crippen LogP contribution in [0.5, 0.6) is 0 Å². The Labute approximate surface area is 144 Å². The summed E-state index contributed by atoms with van der Waals surface area (Å²) < 4.78 is 9.34. The molecule has 11 heteroatoms. The van der Waals surface area contributed by atoms with Crippen molar-refractivity contribution < 1.29 is 23.7 Å². The van der Waals surface area contributed by atoms with E-state index in [9.17, 15) is 19.7 Å². The van der Waals surface area contributed by atoms with Crippen LogP contribution in [0.1, 0.15) is 16.1 Å². The van der Waals surface area contributed by atoms with Crippen molar-refractivity contribution in [2.45, 2.75) is 6.92 Å². The van der Waals surface area contributed by atoms with Gasteiger partial charge in [0.1, 0.15) is 4.92 Å².